The molecule has 17 heavy (non-hydrogen) atoms. The average molecular weight is 239 g/mol. The topological polar surface area (TPSA) is 32.5 Å². The Morgan fingerprint density at radius 3 is 2.47 bits per heavy atom. The number of likely N-dealkylation sites (N-methyl/N-ethyl adjacent to an activating group) is 1. The van der Waals surface area contributed by atoms with Crippen LogP contribution in [-0.4, -0.2) is 55.1 Å². The molecule has 1 saturated heterocycles. The van der Waals surface area contributed by atoms with Crippen LogP contribution >= 0.6 is 0 Å². The summed E-state index contributed by atoms with van der Waals surface area (Å²) in [4.78, 5) is 5.13. The maximum Gasteiger partial charge on any atom is 0.0247 e. The summed E-state index contributed by atoms with van der Waals surface area (Å²) in [5.41, 5.74) is 6.06. The van der Waals surface area contributed by atoms with Gasteiger partial charge in [0.2, 0.25) is 0 Å². The molecule has 0 radical (unpaired) electrons. The van der Waals surface area contributed by atoms with Crippen LogP contribution in [0, 0.1) is 5.92 Å². The van der Waals surface area contributed by atoms with Gasteiger partial charge in [0.15, 0.2) is 0 Å². The van der Waals surface area contributed by atoms with Crippen LogP contribution in [0.25, 0.3) is 0 Å². The lowest BCUT2D eigenvalue weighted by Gasteiger charge is -2.44. The molecule has 2 aliphatic rings. The Labute approximate surface area is 106 Å². The van der Waals surface area contributed by atoms with Gasteiger partial charge in [-0.25, -0.2) is 0 Å². The predicted octanol–water partition coefficient (Wildman–Crippen LogP) is 1.53. The Balaban J connectivity index is 1.93. The van der Waals surface area contributed by atoms with Crippen LogP contribution in [0.1, 0.15) is 39.0 Å². The van der Waals surface area contributed by atoms with E-state index in [-0.39, 0.29) is 0 Å². The SMILES string of the molecule is CC1CN(C(CN)C2CCCCC2)CCN1C. The molecule has 0 bridgehead atoms. The molecule has 0 aromatic carbocycles. The molecule has 1 aliphatic carbocycles. The second kappa shape index (κ2) is 6.17. The second-order valence-electron chi connectivity index (χ2n) is 6.03. The van der Waals surface area contributed by atoms with E-state index in [1.54, 1.807) is 0 Å². The molecule has 0 aromatic heterocycles. The molecule has 1 saturated carbocycles. The van der Waals surface area contributed by atoms with Gasteiger partial charge in [0.05, 0.1) is 0 Å². The highest BCUT2D eigenvalue weighted by molar-refractivity contribution is 4.87. The summed E-state index contributed by atoms with van der Waals surface area (Å²) in [6, 6.07) is 1.33. The zero-order valence-corrected chi connectivity index (χ0v) is 11.6. The number of piperazine rings is 1. The van der Waals surface area contributed by atoms with Crippen molar-refractivity contribution in [3.63, 3.8) is 0 Å². The zero-order chi connectivity index (χ0) is 12.3. The standard InChI is InChI=1S/C14H29N3/c1-12-11-17(9-8-16(12)2)14(10-15)13-6-4-3-5-7-13/h12-14H,3-11,15H2,1-2H3. The number of hydrogen-bond acceptors (Lipinski definition) is 3. The van der Waals surface area contributed by atoms with Gasteiger partial charge in [-0.1, -0.05) is 19.3 Å². The van der Waals surface area contributed by atoms with Crippen molar-refractivity contribution in [3.05, 3.63) is 0 Å². The van der Waals surface area contributed by atoms with E-state index in [9.17, 15) is 0 Å². The van der Waals surface area contributed by atoms with E-state index >= 15 is 0 Å². The van der Waals surface area contributed by atoms with Crippen LogP contribution in [0.2, 0.25) is 0 Å². The summed E-state index contributed by atoms with van der Waals surface area (Å²) in [6.07, 6.45) is 7.09. The molecular formula is C14H29N3. The van der Waals surface area contributed by atoms with Crippen LogP contribution in [0.3, 0.4) is 0 Å². The summed E-state index contributed by atoms with van der Waals surface area (Å²) in [5, 5.41) is 0. The van der Waals surface area contributed by atoms with Crippen molar-refractivity contribution in [1.29, 1.82) is 0 Å². The van der Waals surface area contributed by atoms with Gasteiger partial charge < -0.3 is 10.6 Å². The fourth-order valence-corrected chi connectivity index (χ4v) is 3.54. The molecule has 0 aromatic rings. The predicted molar refractivity (Wildman–Crippen MR) is 73.1 cm³/mol. The van der Waals surface area contributed by atoms with Gasteiger partial charge in [0.25, 0.3) is 0 Å². The lowest BCUT2D eigenvalue weighted by molar-refractivity contribution is 0.0434. The molecule has 0 amide bonds. The van der Waals surface area contributed by atoms with Gasteiger partial charge in [0, 0.05) is 38.3 Å². The van der Waals surface area contributed by atoms with Crippen molar-refractivity contribution >= 4 is 0 Å². The van der Waals surface area contributed by atoms with E-state index in [1.165, 1.54) is 51.7 Å². The summed E-state index contributed by atoms with van der Waals surface area (Å²) in [7, 11) is 2.24. The van der Waals surface area contributed by atoms with Crippen LogP contribution < -0.4 is 5.73 Å². The number of nitrogens with zero attached hydrogens (tertiary/aromatic N) is 2. The van der Waals surface area contributed by atoms with Crippen LogP contribution in [0.4, 0.5) is 0 Å². The first-order valence-electron chi connectivity index (χ1n) is 7.36. The van der Waals surface area contributed by atoms with E-state index < -0.39 is 0 Å². The van der Waals surface area contributed by atoms with Gasteiger partial charge in [-0.2, -0.15) is 0 Å². The first kappa shape index (κ1) is 13.3. The third kappa shape index (κ3) is 3.21. The second-order valence-corrected chi connectivity index (χ2v) is 6.03. The van der Waals surface area contributed by atoms with Gasteiger partial charge in [-0.3, -0.25) is 4.90 Å². The third-order valence-electron chi connectivity index (χ3n) is 4.90. The summed E-state index contributed by atoms with van der Waals surface area (Å²) in [6.45, 7) is 6.79. The van der Waals surface area contributed by atoms with Gasteiger partial charge in [-0.15, -0.1) is 0 Å². The smallest absolute Gasteiger partial charge is 0.0247 e. The number of nitrogens with two attached hydrogens (primary N) is 1. The molecule has 2 unspecified atom stereocenters. The normalized spacial score (nSPS) is 31.6. The number of hydrogen-bond donors (Lipinski definition) is 1. The molecule has 3 heteroatoms. The quantitative estimate of drug-likeness (QED) is 0.811. The fourth-order valence-electron chi connectivity index (χ4n) is 3.54. The molecule has 0 spiro atoms. The summed E-state index contributed by atoms with van der Waals surface area (Å²) < 4.78 is 0. The van der Waals surface area contributed by atoms with E-state index in [0.29, 0.717) is 12.1 Å². The molecule has 1 heterocycles. The average Bonchev–Trinajstić information content (AvgIpc) is 2.36. The minimum Gasteiger partial charge on any atom is -0.329 e. The monoisotopic (exact) mass is 239 g/mol. The molecule has 2 atom stereocenters. The highest BCUT2D eigenvalue weighted by Gasteiger charge is 2.31. The molecule has 1 aliphatic heterocycles. The lowest BCUT2D eigenvalue weighted by Crippen LogP contribution is -2.57. The van der Waals surface area contributed by atoms with E-state index in [2.05, 4.69) is 23.8 Å². The van der Waals surface area contributed by atoms with Crippen molar-refractivity contribution in [2.75, 3.05) is 33.2 Å². The maximum atomic E-state index is 6.06. The van der Waals surface area contributed by atoms with Crippen molar-refractivity contribution in [1.82, 2.24) is 9.80 Å². The molecule has 2 fully saturated rings. The Kier molecular flexibility index (Phi) is 4.83. The maximum absolute atomic E-state index is 6.06. The summed E-state index contributed by atoms with van der Waals surface area (Å²) >= 11 is 0. The molecule has 2 N–H and O–H groups in total. The van der Waals surface area contributed by atoms with Gasteiger partial charge in [0.1, 0.15) is 0 Å². The Hall–Kier alpha value is -0.120. The fraction of sp³-hybridized carbons (Fsp3) is 1.00. The molecule has 100 valence electrons. The van der Waals surface area contributed by atoms with Crippen molar-refractivity contribution in [3.8, 4) is 0 Å². The molecular weight excluding hydrogens is 210 g/mol. The molecule has 2 rings (SSSR count). The first-order valence-corrected chi connectivity index (χ1v) is 7.36. The van der Waals surface area contributed by atoms with Gasteiger partial charge in [-0.05, 0) is 32.7 Å². The van der Waals surface area contributed by atoms with E-state index in [4.69, 9.17) is 5.73 Å². The zero-order valence-electron chi connectivity index (χ0n) is 11.6. The Morgan fingerprint density at radius 2 is 1.88 bits per heavy atom. The van der Waals surface area contributed by atoms with Crippen molar-refractivity contribution < 1.29 is 0 Å². The van der Waals surface area contributed by atoms with E-state index in [1.807, 2.05) is 0 Å². The third-order valence-corrected chi connectivity index (χ3v) is 4.90. The summed E-state index contributed by atoms with van der Waals surface area (Å²) in [5.74, 6) is 0.865. The lowest BCUT2D eigenvalue weighted by atomic mass is 9.83. The van der Waals surface area contributed by atoms with E-state index in [0.717, 1.165) is 12.5 Å². The van der Waals surface area contributed by atoms with Gasteiger partial charge >= 0.3 is 0 Å². The Morgan fingerprint density at radius 1 is 1.18 bits per heavy atom. The highest BCUT2D eigenvalue weighted by atomic mass is 15.3. The Bertz CT molecular complexity index is 226. The molecule has 3 nitrogen and oxygen atoms in total. The minimum atomic E-state index is 0.645. The van der Waals surface area contributed by atoms with Crippen LogP contribution in [-0.2, 0) is 0 Å². The highest BCUT2D eigenvalue weighted by Crippen LogP contribution is 2.29. The van der Waals surface area contributed by atoms with Crippen molar-refractivity contribution in [2.45, 2.75) is 51.1 Å². The first-order chi connectivity index (χ1) is 8.22. The minimum absolute atomic E-state index is 0.645. The van der Waals surface area contributed by atoms with Crippen LogP contribution in [0.5, 0.6) is 0 Å². The van der Waals surface area contributed by atoms with Crippen LogP contribution in [0.15, 0.2) is 0 Å². The number of rotatable bonds is 3. The largest absolute Gasteiger partial charge is 0.329 e. The van der Waals surface area contributed by atoms with Crippen molar-refractivity contribution in [2.24, 2.45) is 11.7 Å².